The van der Waals surface area contributed by atoms with Crippen LogP contribution in [-0.2, 0) is 11.3 Å². The summed E-state index contributed by atoms with van der Waals surface area (Å²) in [5.41, 5.74) is 1.41. The summed E-state index contributed by atoms with van der Waals surface area (Å²) in [4.78, 5) is 25.7. The second kappa shape index (κ2) is 12.0. The minimum absolute atomic E-state index is 0.129. The highest BCUT2D eigenvalue weighted by Gasteiger charge is 2.20. The molecule has 0 aliphatic heterocycles. The molecule has 0 saturated heterocycles. The van der Waals surface area contributed by atoms with Crippen LogP contribution in [0.5, 0.6) is 23.0 Å². The topological polar surface area (TPSA) is 92.3 Å². The first kappa shape index (κ1) is 26.3. The second-order valence-electron chi connectivity index (χ2n) is 8.22. The number of methoxy groups -OCH3 is 3. The lowest BCUT2D eigenvalue weighted by atomic mass is 10.1. The van der Waals surface area contributed by atoms with Gasteiger partial charge in [0.25, 0.3) is 5.91 Å². The summed E-state index contributed by atoms with van der Waals surface area (Å²) >= 11 is 0. The van der Waals surface area contributed by atoms with Gasteiger partial charge in [-0.15, -0.1) is 0 Å². The molecular formula is C30H29NO7. The fourth-order valence-corrected chi connectivity index (χ4v) is 4.06. The zero-order valence-corrected chi connectivity index (χ0v) is 21.7. The molecule has 4 rings (SSSR count). The lowest BCUT2D eigenvalue weighted by Gasteiger charge is -2.16. The number of carbonyl (C=O) groups excluding carboxylic acids is 2. The molecule has 196 valence electrons. The van der Waals surface area contributed by atoms with E-state index in [4.69, 9.17) is 23.7 Å². The molecule has 8 nitrogen and oxygen atoms in total. The van der Waals surface area contributed by atoms with Gasteiger partial charge in [0.05, 0.1) is 39.2 Å². The molecule has 0 fully saturated rings. The smallest absolute Gasteiger partial charge is 0.340 e. The molecule has 4 aromatic rings. The molecule has 8 heteroatoms. The molecule has 0 radical (unpaired) electrons. The summed E-state index contributed by atoms with van der Waals surface area (Å²) < 4.78 is 27.5. The summed E-state index contributed by atoms with van der Waals surface area (Å²) in [6.07, 6.45) is 0. The van der Waals surface area contributed by atoms with Crippen LogP contribution in [0.3, 0.4) is 0 Å². The monoisotopic (exact) mass is 515 g/mol. The average Bonchev–Trinajstić information content (AvgIpc) is 2.95. The van der Waals surface area contributed by atoms with Crippen molar-refractivity contribution in [3.63, 3.8) is 0 Å². The molecule has 0 spiro atoms. The normalized spacial score (nSPS) is 10.5. The predicted octanol–water partition coefficient (Wildman–Crippen LogP) is 5.87. The molecule has 0 aliphatic rings. The van der Waals surface area contributed by atoms with E-state index in [1.54, 1.807) is 18.2 Å². The fourth-order valence-electron chi connectivity index (χ4n) is 4.06. The Bertz CT molecular complexity index is 1460. The van der Waals surface area contributed by atoms with Crippen LogP contribution in [0.1, 0.15) is 33.2 Å². The Hall–Kier alpha value is -4.72. The van der Waals surface area contributed by atoms with Gasteiger partial charge in [-0.3, -0.25) is 4.79 Å². The molecule has 0 aliphatic carbocycles. The van der Waals surface area contributed by atoms with E-state index in [1.165, 1.54) is 33.5 Å². The number of anilines is 1. The number of hydrogen-bond acceptors (Lipinski definition) is 7. The van der Waals surface area contributed by atoms with Crippen molar-refractivity contribution in [3.05, 3.63) is 89.5 Å². The molecule has 1 amide bonds. The van der Waals surface area contributed by atoms with Crippen molar-refractivity contribution in [3.8, 4) is 23.0 Å². The molecule has 0 bridgehead atoms. The maximum Gasteiger partial charge on any atom is 0.340 e. The minimum atomic E-state index is -0.628. The third-order valence-electron chi connectivity index (χ3n) is 5.93. The van der Waals surface area contributed by atoms with E-state index in [-0.39, 0.29) is 17.9 Å². The number of nitrogens with one attached hydrogen (secondary N) is 1. The van der Waals surface area contributed by atoms with E-state index < -0.39 is 11.9 Å². The lowest BCUT2D eigenvalue weighted by Crippen LogP contribution is -2.16. The van der Waals surface area contributed by atoms with Crippen LogP contribution in [0.15, 0.2) is 72.8 Å². The van der Waals surface area contributed by atoms with Gasteiger partial charge in [0, 0.05) is 28.6 Å². The van der Waals surface area contributed by atoms with E-state index in [0.717, 1.165) is 16.5 Å². The quantitative estimate of drug-likeness (QED) is 0.264. The summed E-state index contributed by atoms with van der Waals surface area (Å²) in [5.74, 6) is 0.972. The lowest BCUT2D eigenvalue weighted by molar-refractivity contribution is 0.0601. The van der Waals surface area contributed by atoms with Crippen LogP contribution in [0, 0.1) is 0 Å². The van der Waals surface area contributed by atoms with Gasteiger partial charge in [-0.25, -0.2) is 4.79 Å². The van der Waals surface area contributed by atoms with E-state index in [2.05, 4.69) is 5.32 Å². The van der Waals surface area contributed by atoms with Crippen molar-refractivity contribution in [2.75, 3.05) is 33.3 Å². The van der Waals surface area contributed by atoms with Crippen molar-refractivity contribution >= 4 is 28.3 Å². The maximum absolute atomic E-state index is 13.3. The first-order valence-electron chi connectivity index (χ1n) is 12.0. The highest BCUT2D eigenvalue weighted by Crippen LogP contribution is 2.34. The largest absolute Gasteiger partial charge is 0.493 e. The summed E-state index contributed by atoms with van der Waals surface area (Å²) in [6, 6.07) is 21.9. The van der Waals surface area contributed by atoms with E-state index in [0.29, 0.717) is 35.0 Å². The molecule has 1 N–H and O–H groups in total. The first-order chi connectivity index (χ1) is 18.5. The molecular weight excluding hydrogens is 486 g/mol. The van der Waals surface area contributed by atoms with Crippen molar-refractivity contribution in [1.29, 1.82) is 0 Å². The Labute approximate surface area is 221 Å². The predicted molar refractivity (Wildman–Crippen MR) is 145 cm³/mol. The van der Waals surface area contributed by atoms with Crippen LogP contribution >= 0.6 is 0 Å². The number of ether oxygens (including phenoxy) is 5. The third kappa shape index (κ3) is 5.64. The van der Waals surface area contributed by atoms with Crippen molar-refractivity contribution < 1.29 is 33.3 Å². The number of amides is 1. The van der Waals surface area contributed by atoms with Gasteiger partial charge in [0.15, 0.2) is 11.5 Å². The summed E-state index contributed by atoms with van der Waals surface area (Å²) in [5, 5.41) is 4.85. The van der Waals surface area contributed by atoms with Crippen LogP contribution in [0.4, 0.5) is 5.69 Å². The molecule has 0 heterocycles. The van der Waals surface area contributed by atoms with Crippen LogP contribution in [0.2, 0.25) is 0 Å². The Balaban J connectivity index is 1.63. The van der Waals surface area contributed by atoms with Crippen LogP contribution in [-0.4, -0.2) is 39.8 Å². The standard InChI is InChI=1S/C30H29NO7/c1-5-37-25-14-13-20(15-21(25)18-38-26-12-8-10-19-9-6-7-11-22(19)26)29(32)31-24-17-28(35-3)27(34-2)16-23(24)30(33)36-4/h6-17H,5,18H2,1-4H3,(H,31,32). The van der Waals surface area contributed by atoms with Gasteiger partial charge in [-0.2, -0.15) is 0 Å². The van der Waals surface area contributed by atoms with Gasteiger partial charge in [-0.05, 0) is 36.6 Å². The Morgan fingerprint density at radius 1 is 0.763 bits per heavy atom. The zero-order chi connectivity index (χ0) is 27.1. The van der Waals surface area contributed by atoms with Crippen molar-refractivity contribution in [2.24, 2.45) is 0 Å². The maximum atomic E-state index is 13.3. The Morgan fingerprint density at radius 3 is 2.24 bits per heavy atom. The van der Waals surface area contributed by atoms with E-state index in [9.17, 15) is 9.59 Å². The average molecular weight is 516 g/mol. The highest BCUT2D eigenvalue weighted by atomic mass is 16.5. The SMILES string of the molecule is CCOc1ccc(C(=O)Nc2cc(OC)c(OC)cc2C(=O)OC)cc1COc1cccc2ccccc12. The number of benzene rings is 4. The number of rotatable bonds is 10. The van der Waals surface area contributed by atoms with Crippen LogP contribution in [0.25, 0.3) is 10.8 Å². The minimum Gasteiger partial charge on any atom is -0.493 e. The van der Waals surface area contributed by atoms with Gasteiger partial charge in [0.2, 0.25) is 0 Å². The van der Waals surface area contributed by atoms with Crippen LogP contribution < -0.4 is 24.3 Å². The zero-order valence-electron chi connectivity index (χ0n) is 21.7. The molecule has 4 aromatic carbocycles. The summed E-state index contributed by atoms with van der Waals surface area (Å²) in [7, 11) is 4.19. The van der Waals surface area contributed by atoms with E-state index in [1.807, 2.05) is 49.4 Å². The fraction of sp³-hybridized carbons (Fsp3) is 0.200. The number of hydrogen-bond donors (Lipinski definition) is 1. The Morgan fingerprint density at radius 2 is 1.50 bits per heavy atom. The van der Waals surface area contributed by atoms with Gasteiger partial charge < -0.3 is 29.0 Å². The van der Waals surface area contributed by atoms with Crippen molar-refractivity contribution in [2.45, 2.75) is 13.5 Å². The molecule has 0 atom stereocenters. The number of fused-ring (bicyclic) bond motifs is 1. The molecule has 0 unspecified atom stereocenters. The first-order valence-corrected chi connectivity index (χ1v) is 12.0. The molecule has 38 heavy (non-hydrogen) atoms. The molecule has 0 aromatic heterocycles. The van der Waals surface area contributed by atoms with Crippen molar-refractivity contribution in [1.82, 2.24) is 0 Å². The van der Waals surface area contributed by atoms with Gasteiger partial charge in [0.1, 0.15) is 18.1 Å². The second-order valence-corrected chi connectivity index (χ2v) is 8.22. The highest BCUT2D eigenvalue weighted by molar-refractivity contribution is 6.08. The summed E-state index contributed by atoms with van der Waals surface area (Å²) in [6.45, 7) is 2.54. The van der Waals surface area contributed by atoms with Gasteiger partial charge in [-0.1, -0.05) is 36.4 Å². The molecule has 0 saturated carbocycles. The third-order valence-corrected chi connectivity index (χ3v) is 5.93. The van der Waals surface area contributed by atoms with E-state index >= 15 is 0 Å². The number of esters is 1. The number of carbonyl (C=O) groups is 2. The Kier molecular flexibility index (Phi) is 8.33. The van der Waals surface area contributed by atoms with Gasteiger partial charge >= 0.3 is 5.97 Å².